The summed E-state index contributed by atoms with van der Waals surface area (Å²) in [5.74, 6) is 0. The van der Waals surface area contributed by atoms with Gasteiger partial charge in [-0.15, -0.1) is 0 Å². The zero-order valence-electron chi connectivity index (χ0n) is 10.4. The molecule has 0 aromatic rings. The topological polar surface area (TPSA) is 41.1 Å². The van der Waals surface area contributed by atoms with Crippen LogP contribution in [0.1, 0.15) is 59.3 Å². The summed E-state index contributed by atoms with van der Waals surface area (Å²) in [5.41, 5.74) is 0. The fourth-order valence-electron chi connectivity index (χ4n) is 1.54. The lowest BCUT2D eigenvalue weighted by Crippen LogP contribution is -2.42. The highest BCUT2D eigenvalue weighted by atomic mass is 16.2. The monoisotopic (exact) mass is 214 g/mol. The van der Waals surface area contributed by atoms with E-state index in [1.54, 1.807) is 0 Å². The fraction of sp³-hybridized carbons (Fsp3) is 0.917. The first kappa shape index (κ1) is 14.3. The van der Waals surface area contributed by atoms with E-state index in [0.29, 0.717) is 6.04 Å². The van der Waals surface area contributed by atoms with Gasteiger partial charge >= 0.3 is 6.03 Å². The molecule has 3 heteroatoms. The number of nitrogens with one attached hydrogen (secondary N) is 2. The molecule has 2 N–H and O–H groups in total. The highest BCUT2D eigenvalue weighted by molar-refractivity contribution is 5.74. The molecule has 0 aliphatic rings. The first-order valence-corrected chi connectivity index (χ1v) is 6.28. The lowest BCUT2D eigenvalue weighted by atomic mass is 10.1. The maximum atomic E-state index is 11.4. The molecule has 0 spiro atoms. The maximum Gasteiger partial charge on any atom is 0.315 e. The van der Waals surface area contributed by atoms with Crippen LogP contribution in [0.5, 0.6) is 0 Å². The molecule has 15 heavy (non-hydrogen) atoms. The van der Waals surface area contributed by atoms with Gasteiger partial charge in [0.2, 0.25) is 0 Å². The van der Waals surface area contributed by atoms with E-state index in [-0.39, 0.29) is 6.03 Å². The molecule has 0 saturated heterocycles. The van der Waals surface area contributed by atoms with Crippen LogP contribution < -0.4 is 10.6 Å². The Bertz CT molecular complexity index is 160. The van der Waals surface area contributed by atoms with Gasteiger partial charge in [-0.3, -0.25) is 0 Å². The summed E-state index contributed by atoms with van der Waals surface area (Å²) in [6, 6.07) is 0.326. The smallest absolute Gasteiger partial charge is 0.315 e. The minimum atomic E-state index is -0.00796. The molecule has 0 aliphatic carbocycles. The Labute approximate surface area is 94.0 Å². The van der Waals surface area contributed by atoms with Crippen molar-refractivity contribution in [3.63, 3.8) is 0 Å². The number of carbonyl (C=O) groups is 1. The summed E-state index contributed by atoms with van der Waals surface area (Å²) in [6.45, 7) is 7.21. The lowest BCUT2D eigenvalue weighted by Gasteiger charge is -2.16. The van der Waals surface area contributed by atoms with Gasteiger partial charge in [-0.05, 0) is 19.3 Å². The number of urea groups is 1. The number of rotatable bonds is 8. The van der Waals surface area contributed by atoms with E-state index < -0.39 is 0 Å². The van der Waals surface area contributed by atoms with Crippen molar-refractivity contribution in [1.29, 1.82) is 0 Å². The normalized spacial score (nSPS) is 12.2. The van der Waals surface area contributed by atoms with Crippen LogP contribution in [0.25, 0.3) is 0 Å². The minimum Gasteiger partial charge on any atom is -0.338 e. The van der Waals surface area contributed by atoms with Crippen LogP contribution in [0.15, 0.2) is 0 Å². The molecule has 1 atom stereocenters. The highest BCUT2D eigenvalue weighted by Crippen LogP contribution is 2.00. The van der Waals surface area contributed by atoms with Crippen LogP contribution in [-0.2, 0) is 0 Å². The van der Waals surface area contributed by atoms with Crippen LogP contribution in [0.2, 0.25) is 0 Å². The summed E-state index contributed by atoms with van der Waals surface area (Å²) < 4.78 is 0. The molecule has 2 amide bonds. The van der Waals surface area contributed by atoms with Gasteiger partial charge in [0, 0.05) is 12.6 Å². The Hall–Kier alpha value is -0.730. The van der Waals surface area contributed by atoms with E-state index in [2.05, 4.69) is 31.4 Å². The summed E-state index contributed by atoms with van der Waals surface area (Å²) in [4.78, 5) is 11.4. The largest absolute Gasteiger partial charge is 0.338 e. The van der Waals surface area contributed by atoms with Gasteiger partial charge in [0.1, 0.15) is 0 Å². The lowest BCUT2D eigenvalue weighted by molar-refractivity contribution is 0.235. The Kier molecular flexibility index (Phi) is 9.33. The predicted octanol–water partition coefficient (Wildman–Crippen LogP) is 3.05. The van der Waals surface area contributed by atoms with Crippen molar-refractivity contribution in [2.45, 2.75) is 65.3 Å². The van der Waals surface area contributed by atoms with Crippen LogP contribution >= 0.6 is 0 Å². The fourth-order valence-corrected chi connectivity index (χ4v) is 1.54. The van der Waals surface area contributed by atoms with Crippen molar-refractivity contribution >= 4 is 6.03 Å². The molecule has 0 aromatic heterocycles. The molecule has 90 valence electrons. The number of unbranched alkanes of at least 4 members (excludes halogenated alkanes) is 2. The predicted molar refractivity (Wildman–Crippen MR) is 65.0 cm³/mol. The SMILES string of the molecule is CCCCCNC(=O)NC(CC)CCC. The third-order valence-corrected chi connectivity index (χ3v) is 2.53. The molecule has 0 saturated carbocycles. The molecule has 1 unspecified atom stereocenters. The molecule has 0 heterocycles. The van der Waals surface area contributed by atoms with Crippen molar-refractivity contribution in [3.8, 4) is 0 Å². The Morgan fingerprint density at radius 2 is 1.87 bits per heavy atom. The van der Waals surface area contributed by atoms with Crippen LogP contribution in [0.3, 0.4) is 0 Å². The summed E-state index contributed by atoms with van der Waals surface area (Å²) in [5, 5.41) is 5.89. The van der Waals surface area contributed by atoms with Gasteiger partial charge in [0.25, 0.3) is 0 Å². The van der Waals surface area contributed by atoms with Gasteiger partial charge in [0.15, 0.2) is 0 Å². The molecule has 0 radical (unpaired) electrons. The Balaban J connectivity index is 3.52. The van der Waals surface area contributed by atoms with E-state index >= 15 is 0 Å². The number of hydrogen-bond acceptors (Lipinski definition) is 1. The highest BCUT2D eigenvalue weighted by Gasteiger charge is 2.07. The Morgan fingerprint density at radius 3 is 2.40 bits per heavy atom. The quantitative estimate of drug-likeness (QED) is 0.599. The third-order valence-electron chi connectivity index (χ3n) is 2.53. The first-order chi connectivity index (χ1) is 7.24. The van der Waals surface area contributed by atoms with Crippen molar-refractivity contribution in [2.75, 3.05) is 6.54 Å². The van der Waals surface area contributed by atoms with Crippen molar-refractivity contribution < 1.29 is 4.79 Å². The van der Waals surface area contributed by atoms with E-state index in [4.69, 9.17) is 0 Å². The van der Waals surface area contributed by atoms with E-state index in [0.717, 1.165) is 32.2 Å². The standard InChI is InChI=1S/C12H26N2O/c1-4-7-8-10-13-12(15)14-11(6-3)9-5-2/h11H,4-10H2,1-3H3,(H2,13,14,15). The number of amides is 2. The van der Waals surface area contributed by atoms with E-state index in [1.165, 1.54) is 12.8 Å². The number of hydrogen-bond donors (Lipinski definition) is 2. The second-order valence-corrected chi connectivity index (χ2v) is 4.00. The van der Waals surface area contributed by atoms with E-state index in [1.807, 2.05) is 0 Å². The zero-order chi connectivity index (χ0) is 11.5. The average molecular weight is 214 g/mol. The molecular formula is C12H26N2O. The first-order valence-electron chi connectivity index (χ1n) is 6.28. The molecule has 0 rings (SSSR count). The third kappa shape index (κ3) is 8.28. The van der Waals surface area contributed by atoms with E-state index in [9.17, 15) is 4.79 Å². The molecule has 0 aliphatic heterocycles. The number of carbonyl (C=O) groups excluding carboxylic acids is 1. The molecule has 0 fully saturated rings. The second kappa shape index (κ2) is 9.81. The van der Waals surface area contributed by atoms with Gasteiger partial charge in [0.05, 0.1) is 0 Å². The van der Waals surface area contributed by atoms with Crippen LogP contribution in [0, 0.1) is 0 Å². The van der Waals surface area contributed by atoms with Gasteiger partial charge in [-0.25, -0.2) is 4.79 Å². The average Bonchev–Trinajstić information content (AvgIpc) is 2.24. The molecule has 0 bridgehead atoms. The van der Waals surface area contributed by atoms with Gasteiger partial charge < -0.3 is 10.6 Å². The van der Waals surface area contributed by atoms with Gasteiger partial charge in [-0.2, -0.15) is 0 Å². The zero-order valence-corrected chi connectivity index (χ0v) is 10.4. The molecule has 0 aromatic carbocycles. The molecule has 3 nitrogen and oxygen atoms in total. The van der Waals surface area contributed by atoms with Crippen molar-refractivity contribution in [1.82, 2.24) is 10.6 Å². The summed E-state index contributed by atoms with van der Waals surface area (Å²) in [6.07, 6.45) is 6.65. The van der Waals surface area contributed by atoms with Crippen molar-refractivity contribution in [3.05, 3.63) is 0 Å². The van der Waals surface area contributed by atoms with Crippen LogP contribution in [-0.4, -0.2) is 18.6 Å². The Morgan fingerprint density at radius 1 is 1.13 bits per heavy atom. The van der Waals surface area contributed by atoms with Crippen LogP contribution in [0.4, 0.5) is 4.79 Å². The summed E-state index contributed by atoms with van der Waals surface area (Å²) >= 11 is 0. The van der Waals surface area contributed by atoms with Gasteiger partial charge in [-0.1, -0.05) is 40.0 Å². The second-order valence-electron chi connectivity index (χ2n) is 4.00. The maximum absolute atomic E-state index is 11.4. The summed E-state index contributed by atoms with van der Waals surface area (Å²) in [7, 11) is 0. The molecular weight excluding hydrogens is 188 g/mol. The minimum absolute atomic E-state index is 0.00796. The van der Waals surface area contributed by atoms with Crippen molar-refractivity contribution in [2.24, 2.45) is 0 Å².